The van der Waals surface area contributed by atoms with Crippen LogP contribution in [0.1, 0.15) is 42.5 Å². The molecule has 1 saturated carbocycles. The van der Waals surface area contributed by atoms with Crippen LogP contribution in [0.3, 0.4) is 0 Å². The molecule has 22 heavy (non-hydrogen) atoms. The van der Waals surface area contributed by atoms with Crippen LogP contribution < -0.4 is 4.74 Å². The molecule has 5 heteroatoms. The van der Waals surface area contributed by atoms with E-state index in [4.69, 9.17) is 9.47 Å². The first-order valence-corrected chi connectivity index (χ1v) is 7.74. The summed E-state index contributed by atoms with van der Waals surface area (Å²) in [5.41, 5.74) is 0.574. The molecule has 1 aromatic carbocycles. The Morgan fingerprint density at radius 1 is 1.14 bits per heavy atom. The van der Waals surface area contributed by atoms with Crippen LogP contribution in [0, 0.1) is 0 Å². The van der Waals surface area contributed by atoms with Crippen LogP contribution in [0.4, 0.5) is 0 Å². The highest BCUT2D eigenvalue weighted by atomic mass is 35.5. The second-order valence-electron chi connectivity index (χ2n) is 5.84. The van der Waals surface area contributed by atoms with E-state index >= 15 is 0 Å². The molecule has 0 heterocycles. The number of carbonyl (C=O) groups excluding carboxylic acids is 1. The van der Waals surface area contributed by atoms with Gasteiger partial charge in [-0.15, -0.1) is 12.4 Å². The van der Waals surface area contributed by atoms with E-state index in [0.717, 1.165) is 25.1 Å². The minimum atomic E-state index is -0.277. The van der Waals surface area contributed by atoms with Crippen molar-refractivity contribution in [2.24, 2.45) is 0 Å². The van der Waals surface area contributed by atoms with Gasteiger partial charge in [-0.05, 0) is 64.0 Å². The molecule has 1 aromatic rings. The maximum absolute atomic E-state index is 11.8. The normalized spacial score (nSPS) is 15.2. The Labute approximate surface area is 139 Å². The third kappa shape index (κ3) is 6.24. The number of carbonyl (C=O) groups is 1. The fraction of sp³-hybridized carbons (Fsp3) is 0.588. The molecule has 0 atom stereocenters. The standard InChI is InChI=1S/C17H25NO3.ClH/c1-18(2)12-13-20-17(19)14-8-10-16(11-9-14)21-15-6-4-3-5-7-15;/h8-11,15H,3-7,12-13H2,1-2H3;1H. The molecule has 0 aromatic heterocycles. The quantitative estimate of drug-likeness (QED) is 0.749. The summed E-state index contributed by atoms with van der Waals surface area (Å²) in [7, 11) is 3.90. The molecule has 1 fully saturated rings. The summed E-state index contributed by atoms with van der Waals surface area (Å²) in [6.07, 6.45) is 6.42. The van der Waals surface area contributed by atoms with Gasteiger partial charge in [-0.25, -0.2) is 4.79 Å². The van der Waals surface area contributed by atoms with E-state index < -0.39 is 0 Å². The van der Waals surface area contributed by atoms with Gasteiger partial charge in [-0.2, -0.15) is 0 Å². The highest BCUT2D eigenvalue weighted by Gasteiger charge is 2.15. The van der Waals surface area contributed by atoms with Gasteiger partial charge in [0, 0.05) is 6.54 Å². The molecule has 0 unspecified atom stereocenters. The van der Waals surface area contributed by atoms with Crippen molar-refractivity contribution in [1.29, 1.82) is 0 Å². The predicted octanol–water partition coefficient (Wildman–Crippen LogP) is 3.54. The minimum absolute atomic E-state index is 0. The number of hydrogen-bond donors (Lipinski definition) is 0. The summed E-state index contributed by atoms with van der Waals surface area (Å²) in [5, 5.41) is 0. The Hall–Kier alpha value is -1.26. The lowest BCUT2D eigenvalue weighted by atomic mass is 9.98. The average molecular weight is 328 g/mol. The first-order chi connectivity index (χ1) is 10.1. The number of benzene rings is 1. The largest absolute Gasteiger partial charge is 0.490 e. The maximum Gasteiger partial charge on any atom is 0.338 e. The summed E-state index contributed by atoms with van der Waals surface area (Å²) < 4.78 is 11.2. The lowest BCUT2D eigenvalue weighted by molar-refractivity contribution is 0.0482. The SMILES string of the molecule is CN(C)CCOC(=O)c1ccc(OC2CCCCC2)cc1.Cl. The zero-order valence-electron chi connectivity index (χ0n) is 13.4. The van der Waals surface area contributed by atoms with Gasteiger partial charge in [0.1, 0.15) is 12.4 Å². The zero-order chi connectivity index (χ0) is 15.1. The van der Waals surface area contributed by atoms with Gasteiger partial charge in [-0.1, -0.05) is 6.42 Å². The molecular formula is C17H26ClNO3. The molecule has 0 radical (unpaired) electrons. The number of esters is 1. The van der Waals surface area contributed by atoms with Gasteiger partial charge in [0.05, 0.1) is 11.7 Å². The summed E-state index contributed by atoms with van der Waals surface area (Å²) in [6, 6.07) is 7.26. The number of rotatable bonds is 6. The Morgan fingerprint density at radius 2 is 1.77 bits per heavy atom. The van der Waals surface area contributed by atoms with Crippen molar-refractivity contribution in [1.82, 2.24) is 4.90 Å². The lowest BCUT2D eigenvalue weighted by Gasteiger charge is -2.23. The molecular weight excluding hydrogens is 302 g/mol. The van der Waals surface area contributed by atoms with E-state index in [9.17, 15) is 4.79 Å². The van der Waals surface area contributed by atoms with Gasteiger partial charge < -0.3 is 14.4 Å². The van der Waals surface area contributed by atoms with Gasteiger partial charge in [-0.3, -0.25) is 0 Å². The molecule has 0 amide bonds. The summed E-state index contributed by atoms with van der Waals surface area (Å²) in [6.45, 7) is 1.14. The van der Waals surface area contributed by atoms with Crippen LogP contribution in [0.25, 0.3) is 0 Å². The van der Waals surface area contributed by atoms with Crippen molar-refractivity contribution in [3.63, 3.8) is 0 Å². The number of hydrogen-bond acceptors (Lipinski definition) is 4. The van der Waals surface area contributed by atoms with E-state index in [1.165, 1.54) is 19.3 Å². The highest BCUT2D eigenvalue weighted by Crippen LogP contribution is 2.23. The first kappa shape index (κ1) is 18.8. The topological polar surface area (TPSA) is 38.8 Å². The van der Waals surface area contributed by atoms with E-state index in [2.05, 4.69) is 0 Å². The van der Waals surface area contributed by atoms with Crippen molar-refractivity contribution in [2.45, 2.75) is 38.2 Å². The zero-order valence-corrected chi connectivity index (χ0v) is 14.2. The van der Waals surface area contributed by atoms with Crippen molar-refractivity contribution in [3.05, 3.63) is 29.8 Å². The minimum Gasteiger partial charge on any atom is -0.490 e. The molecule has 0 saturated heterocycles. The highest BCUT2D eigenvalue weighted by molar-refractivity contribution is 5.89. The average Bonchev–Trinajstić information content (AvgIpc) is 2.48. The Bertz CT molecular complexity index is 442. The Balaban J connectivity index is 0.00000242. The van der Waals surface area contributed by atoms with Crippen LogP contribution in [0.5, 0.6) is 5.75 Å². The summed E-state index contributed by atoms with van der Waals surface area (Å²) in [4.78, 5) is 13.8. The predicted molar refractivity (Wildman–Crippen MR) is 90.0 cm³/mol. The van der Waals surface area contributed by atoms with E-state index in [1.54, 1.807) is 12.1 Å². The van der Waals surface area contributed by atoms with Crippen molar-refractivity contribution >= 4 is 18.4 Å². The van der Waals surface area contributed by atoms with Gasteiger partial charge in [0.2, 0.25) is 0 Å². The molecule has 1 aliphatic rings. The lowest BCUT2D eigenvalue weighted by Crippen LogP contribution is -2.20. The fourth-order valence-corrected chi connectivity index (χ4v) is 2.45. The van der Waals surface area contributed by atoms with E-state index in [-0.39, 0.29) is 18.4 Å². The second-order valence-corrected chi connectivity index (χ2v) is 5.84. The van der Waals surface area contributed by atoms with Crippen LogP contribution in [0.15, 0.2) is 24.3 Å². The number of halogens is 1. The molecule has 0 spiro atoms. The summed E-state index contributed by atoms with van der Waals surface area (Å²) >= 11 is 0. The Morgan fingerprint density at radius 3 is 2.36 bits per heavy atom. The van der Waals surface area contributed by atoms with Gasteiger partial charge in [0.15, 0.2) is 0 Å². The molecule has 124 valence electrons. The summed E-state index contributed by atoms with van der Waals surface area (Å²) in [5.74, 6) is 0.563. The van der Waals surface area contributed by atoms with Crippen LogP contribution in [-0.2, 0) is 4.74 Å². The Kier molecular flexibility index (Phi) is 8.28. The third-order valence-corrected chi connectivity index (χ3v) is 3.72. The third-order valence-electron chi connectivity index (χ3n) is 3.72. The van der Waals surface area contributed by atoms with Crippen LogP contribution >= 0.6 is 12.4 Å². The molecule has 0 bridgehead atoms. The second kappa shape index (κ2) is 9.70. The van der Waals surface area contributed by atoms with E-state index in [1.807, 2.05) is 31.1 Å². The van der Waals surface area contributed by atoms with Crippen molar-refractivity contribution in [3.8, 4) is 5.75 Å². The molecule has 1 aliphatic carbocycles. The van der Waals surface area contributed by atoms with Gasteiger partial charge >= 0.3 is 5.97 Å². The van der Waals surface area contributed by atoms with Crippen LogP contribution in [0.2, 0.25) is 0 Å². The molecule has 0 N–H and O–H groups in total. The fourth-order valence-electron chi connectivity index (χ4n) is 2.45. The number of likely N-dealkylation sites (N-methyl/N-ethyl adjacent to an activating group) is 1. The number of ether oxygens (including phenoxy) is 2. The van der Waals surface area contributed by atoms with Crippen LogP contribution in [-0.4, -0.2) is 44.2 Å². The van der Waals surface area contributed by atoms with E-state index in [0.29, 0.717) is 18.3 Å². The molecule has 0 aliphatic heterocycles. The number of nitrogens with zero attached hydrogens (tertiary/aromatic N) is 1. The van der Waals surface area contributed by atoms with Crippen molar-refractivity contribution < 1.29 is 14.3 Å². The monoisotopic (exact) mass is 327 g/mol. The van der Waals surface area contributed by atoms with Gasteiger partial charge in [0.25, 0.3) is 0 Å². The maximum atomic E-state index is 11.8. The molecule has 2 rings (SSSR count). The molecule has 4 nitrogen and oxygen atoms in total. The first-order valence-electron chi connectivity index (χ1n) is 7.74. The van der Waals surface area contributed by atoms with Crippen molar-refractivity contribution in [2.75, 3.05) is 27.2 Å². The smallest absolute Gasteiger partial charge is 0.338 e.